The lowest BCUT2D eigenvalue weighted by Gasteiger charge is -2.17. The van der Waals surface area contributed by atoms with Crippen LogP contribution in [0.25, 0.3) is 0 Å². The van der Waals surface area contributed by atoms with E-state index >= 15 is 0 Å². The fourth-order valence-electron chi connectivity index (χ4n) is 2.15. The Labute approximate surface area is 106 Å². The van der Waals surface area contributed by atoms with E-state index in [0.717, 1.165) is 19.2 Å². The Bertz CT molecular complexity index is 179. The summed E-state index contributed by atoms with van der Waals surface area (Å²) >= 11 is 0. The van der Waals surface area contributed by atoms with E-state index in [0.29, 0.717) is 25.2 Å². The second-order valence-corrected chi connectivity index (χ2v) is 5.54. The summed E-state index contributed by atoms with van der Waals surface area (Å²) in [6.45, 7) is 9.67. The molecular weight excluding hydrogens is 214 g/mol. The fourth-order valence-corrected chi connectivity index (χ4v) is 2.15. The SMILES string of the molecule is CC(C)COCCOC(C)CNC1CCCC1. The number of rotatable bonds is 9. The largest absolute Gasteiger partial charge is 0.379 e. The highest BCUT2D eigenvalue weighted by Gasteiger charge is 2.14. The van der Waals surface area contributed by atoms with Crippen LogP contribution in [0, 0.1) is 5.92 Å². The molecule has 0 aromatic rings. The van der Waals surface area contributed by atoms with Gasteiger partial charge < -0.3 is 14.8 Å². The summed E-state index contributed by atoms with van der Waals surface area (Å²) in [6.07, 6.45) is 5.73. The molecule has 0 amide bonds. The van der Waals surface area contributed by atoms with E-state index in [9.17, 15) is 0 Å². The molecule has 0 aromatic carbocycles. The van der Waals surface area contributed by atoms with E-state index in [1.165, 1.54) is 25.7 Å². The zero-order valence-electron chi connectivity index (χ0n) is 11.7. The van der Waals surface area contributed by atoms with Gasteiger partial charge >= 0.3 is 0 Å². The highest BCUT2D eigenvalue weighted by Crippen LogP contribution is 2.17. The molecular formula is C14H29NO2. The predicted molar refractivity (Wildman–Crippen MR) is 71.3 cm³/mol. The van der Waals surface area contributed by atoms with Gasteiger partial charge in [-0.25, -0.2) is 0 Å². The highest BCUT2D eigenvalue weighted by atomic mass is 16.5. The van der Waals surface area contributed by atoms with Gasteiger partial charge in [-0.1, -0.05) is 26.7 Å². The minimum absolute atomic E-state index is 0.290. The third kappa shape index (κ3) is 7.74. The standard InChI is InChI=1S/C14H29NO2/c1-12(2)11-16-8-9-17-13(3)10-15-14-6-4-5-7-14/h12-15H,4-11H2,1-3H3. The first-order valence-electron chi connectivity index (χ1n) is 7.11. The van der Waals surface area contributed by atoms with Crippen LogP contribution >= 0.6 is 0 Å². The van der Waals surface area contributed by atoms with Crippen molar-refractivity contribution >= 4 is 0 Å². The Hall–Kier alpha value is -0.120. The molecule has 1 aliphatic carbocycles. The second kappa shape index (κ2) is 8.90. The normalized spacial score (nSPS) is 19.1. The lowest BCUT2D eigenvalue weighted by atomic mass is 10.2. The second-order valence-electron chi connectivity index (χ2n) is 5.54. The summed E-state index contributed by atoms with van der Waals surface area (Å²) in [4.78, 5) is 0. The number of nitrogens with one attached hydrogen (secondary N) is 1. The summed E-state index contributed by atoms with van der Waals surface area (Å²) in [6, 6.07) is 0.734. The molecule has 1 saturated carbocycles. The molecule has 3 nitrogen and oxygen atoms in total. The van der Waals surface area contributed by atoms with Crippen molar-refractivity contribution in [2.45, 2.75) is 58.6 Å². The first-order valence-corrected chi connectivity index (χ1v) is 7.11. The monoisotopic (exact) mass is 243 g/mol. The van der Waals surface area contributed by atoms with E-state index in [4.69, 9.17) is 9.47 Å². The molecule has 0 aromatic heterocycles. The van der Waals surface area contributed by atoms with E-state index < -0.39 is 0 Å². The van der Waals surface area contributed by atoms with E-state index in [-0.39, 0.29) is 0 Å². The van der Waals surface area contributed by atoms with Crippen LogP contribution in [0.15, 0.2) is 0 Å². The molecule has 0 spiro atoms. The van der Waals surface area contributed by atoms with Gasteiger partial charge in [0, 0.05) is 19.2 Å². The molecule has 0 radical (unpaired) electrons. The van der Waals surface area contributed by atoms with Gasteiger partial charge in [0.05, 0.1) is 19.3 Å². The van der Waals surface area contributed by atoms with Crippen LogP contribution in [-0.4, -0.2) is 38.5 Å². The average Bonchev–Trinajstić information content (AvgIpc) is 2.78. The number of hydrogen-bond acceptors (Lipinski definition) is 3. The van der Waals surface area contributed by atoms with Gasteiger partial charge in [-0.3, -0.25) is 0 Å². The maximum absolute atomic E-state index is 5.70. The Morgan fingerprint density at radius 3 is 2.47 bits per heavy atom. The molecule has 0 heterocycles. The highest BCUT2D eigenvalue weighted by molar-refractivity contribution is 4.74. The quantitative estimate of drug-likeness (QED) is 0.631. The molecule has 1 fully saturated rings. The topological polar surface area (TPSA) is 30.5 Å². The molecule has 1 unspecified atom stereocenters. The average molecular weight is 243 g/mol. The zero-order valence-corrected chi connectivity index (χ0v) is 11.7. The van der Waals surface area contributed by atoms with Gasteiger partial charge in [-0.05, 0) is 25.7 Å². The third-order valence-corrected chi connectivity index (χ3v) is 3.13. The smallest absolute Gasteiger partial charge is 0.0704 e. The summed E-state index contributed by atoms with van der Waals surface area (Å²) in [7, 11) is 0. The minimum atomic E-state index is 0.290. The fraction of sp³-hybridized carbons (Fsp3) is 1.00. The third-order valence-electron chi connectivity index (χ3n) is 3.13. The molecule has 0 bridgehead atoms. The van der Waals surface area contributed by atoms with Gasteiger partial charge in [0.15, 0.2) is 0 Å². The summed E-state index contributed by atoms with van der Waals surface area (Å²) < 4.78 is 11.2. The zero-order chi connectivity index (χ0) is 12.5. The van der Waals surface area contributed by atoms with Crippen LogP contribution < -0.4 is 5.32 Å². The Kier molecular flexibility index (Phi) is 7.82. The van der Waals surface area contributed by atoms with Crippen LogP contribution in [0.5, 0.6) is 0 Å². The Morgan fingerprint density at radius 2 is 1.82 bits per heavy atom. The van der Waals surface area contributed by atoms with Crippen LogP contribution in [0.2, 0.25) is 0 Å². The van der Waals surface area contributed by atoms with Crippen molar-refractivity contribution < 1.29 is 9.47 Å². The first-order chi connectivity index (χ1) is 8.18. The van der Waals surface area contributed by atoms with Crippen LogP contribution in [0.4, 0.5) is 0 Å². The summed E-state index contributed by atoms with van der Waals surface area (Å²) in [5.74, 6) is 0.608. The minimum Gasteiger partial charge on any atom is -0.379 e. The van der Waals surface area contributed by atoms with Crippen molar-refractivity contribution in [1.29, 1.82) is 0 Å². The lowest BCUT2D eigenvalue weighted by Crippen LogP contribution is -2.34. The molecule has 0 saturated heterocycles. The van der Waals surface area contributed by atoms with Gasteiger partial charge in [0.1, 0.15) is 0 Å². The summed E-state index contributed by atoms with van der Waals surface area (Å²) in [5.41, 5.74) is 0. The number of ether oxygens (including phenoxy) is 2. The molecule has 0 aliphatic heterocycles. The van der Waals surface area contributed by atoms with Crippen LogP contribution in [0.1, 0.15) is 46.5 Å². The van der Waals surface area contributed by atoms with E-state index in [1.54, 1.807) is 0 Å². The van der Waals surface area contributed by atoms with Crippen molar-refractivity contribution in [1.82, 2.24) is 5.32 Å². The molecule has 17 heavy (non-hydrogen) atoms. The van der Waals surface area contributed by atoms with Crippen molar-refractivity contribution in [3.05, 3.63) is 0 Å². The van der Waals surface area contributed by atoms with Crippen LogP contribution in [-0.2, 0) is 9.47 Å². The molecule has 1 aliphatic rings. The van der Waals surface area contributed by atoms with Crippen LogP contribution in [0.3, 0.4) is 0 Å². The van der Waals surface area contributed by atoms with Crippen molar-refractivity contribution in [2.75, 3.05) is 26.4 Å². The lowest BCUT2D eigenvalue weighted by molar-refractivity contribution is 0.00593. The van der Waals surface area contributed by atoms with Crippen molar-refractivity contribution in [2.24, 2.45) is 5.92 Å². The molecule has 3 heteroatoms. The molecule has 1 rings (SSSR count). The van der Waals surface area contributed by atoms with Gasteiger partial charge in [-0.15, -0.1) is 0 Å². The Morgan fingerprint density at radius 1 is 1.12 bits per heavy atom. The van der Waals surface area contributed by atoms with Gasteiger partial charge in [0.25, 0.3) is 0 Å². The molecule has 1 atom stereocenters. The first kappa shape index (κ1) is 14.9. The van der Waals surface area contributed by atoms with Gasteiger partial charge in [-0.2, -0.15) is 0 Å². The summed E-state index contributed by atoms with van der Waals surface area (Å²) in [5, 5.41) is 3.57. The number of hydrogen-bond donors (Lipinski definition) is 1. The van der Waals surface area contributed by atoms with Crippen molar-refractivity contribution in [3.63, 3.8) is 0 Å². The molecule has 102 valence electrons. The molecule has 1 N–H and O–H groups in total. The predicted octanol–water partition coefficient (Wildman–Crippen LogP) is 2.60. The maximum atomic E-state index is 5.70. The van der Waals surface area contributed by atoms with E-state index in [2.05, 4.69) is 26.1 Å². The van der Waals surface area contributed by atoms with Gasteiger partial charge in [0.2, 0.25) is 0 Å². The maximum Gasteiger partial charge on any atom is 0.0704 e. The van der Waals surface area contributed by atoms with Crippen molar-refractivity contribution in [3.8, 4) is 0 Å². The Balaban J connectivity index is 1.88. The van der Waals surface area contributed by atoms with E-state index in [1.807, 2.05) is 0 Å².